The maximum absolute atomic E-state index is 10.3. The van der Waals surface area contributed by atoms with Crippen molar-refractivity contribution in [2.75, 3.05) is 11.5 Å². The molecular weight excluding hydrogens is 216 g/mol. The highest BCUT2D eigenvalue weighted by molar-refractivity contribution is 8.17. The molecule has 14 heavy (non-hydrogen) atoms. The summed E-state index contributed by atoms with van der Waals surface area (Å²) >= 11 is 4.02. The zero-order chi connectivity index (χ0) is 10.4. The molecule has 0 aromatic rings. The van der Waals surface area contributed by atoms with Crippen molar-refractivity contribution >= 4 is 29.5 Å². The molecular formula is C10H16O2S2. The van der Waals surface area contributed by atoms with E-state index >= 15 is 0 Å². The lowest BCUT2D eigenvalue weighted by atomic mass is 10.1. The van der Waals surface area contributed by atoms with Gasteiger partial charge in [0.05, 0.1) is 4.58 Å². The Kier molecular flexibility index (Phi) is 5.48. The third-order valence-electron chi connectivity index (χ3n) is 2.09. The lowest BCUT2D eigenvalue weighted by Crippen LogP contribution is -2.15. The number of hydrogen-bond donors (Lipinski definition) is 1. The molecule has 0 amide bonds. The van der Waals surface area contributed by atoms with Crippen LogP contribution in [-0.2, 0) is 4.79 Å². The molecule has 1 N–H and O–H groups in total. The molecule has 1 fully saturated rings. The summed E-state index contributed by atoms with van der Waals surface area (Å²) in [6.45, 7) is 2.20. The van der Waals surface area contributed by atoms with E-state index in [1.165, 1.54) is 24.0 Å². The van der Waals surface area contributed by atoms with E-state index in [9.17, 15) is 4.79 Å². The highest BCUT2D eigenvalue weighted by atomic mass is 32.2. The van der Waals surface area contributed by atoms with Crippen LogP contribution in [0.25, 0.3) is 0 Å². The maximum Gasteiger partial charge on any atom is 0.327 e. The zero-order valence-electron chi connectivity index (χ0n) is 8.31. The van der Waals surface area contributed by atoms with Crippen molar-refractivity contribution in [2.24, 2.45) is 5.92 Å². The fourth-order valence-corrected chi connectivity index (χ4v) is 4.44. The van der Waals surface area contributed by atoms with Crippen LogP contribution >= 0.6 is 23.5 Å². The molecule has 80 valence electrons. The van der Waals surface area contributed by atoms with E-state index in [2.05, 4.69) is 6.92 Å². The number of hydrogen-bond acceptors (Lipinski definition) is 3. The molecule has 1 saturated heterocycles. The third-order valence-corrected chi connectivity index (χ3v) is 5.54. The molecule has 0 spiro atoms. The summed E-state index contributed by atoms with van der Waals surface area (Å²) in [5.74, 6) is 2.23. The summed E-state index contributed by atoms with van der Waals surface area (Å²) in [4.78, 5) is 10.3. The summed E-state index contributed by atoms with van der Waals surface area (Å²) < 4.78 is 0.655. The molecule has 2 nitrogen and oxygen atoms in total. The maximum atomic E-state index is 10.3. The first-order valence-corrected chi connectivity index (χ1v) is 6.92. The van der Waals surface area contributed by atoms with Gasteiger partial charge in [0.1, 0.15) is 0 Å². The van der Waals surface area contributed by atoms with Crippen molar-refractivity contribution in [3.63, 3.8) is 0 Å². The van der Waals surface area contributed by atoms with E-state index in [1.807, 2.05) is 23.5 Å². The lowest BCUT2D eigenvalue weighted by Gasteiger charge is -2.25. The van der Waals surface area contributed by atoms with E-state index in [4.69, 9.17) is 5.11 Å². The molecule has 1 atom stereocenters. The number of allylic oxidation sites excluding steroid dienone is 1. The predicted octanol–water partition coefficient (Wildman–Crippen LogP) is 2.85. The van der Waals surface area contributed by atoms with Crippen LogP contribution in [0.2, 0.25) is 0 Å². The quantitative estimate of drug-likeness (QED) is 0.756. The predicted molar refractivity (Wildman–Crippen MR) is 63.9 cm³/mol. The van der Waals surface area contributed by atoms with Crippen molar-refractivity contribution in [1.29, 1.82) is 0 Å². The van der Waals surface area contributed by atoms with Gasteiger partial charge in [-0.2, -0.15) is 0 Å². The van der Waals surface area contributed by atoms with E-state index in [0.29, 0.717) is 10.5 Å². The molecule has 0 aromatic carbocycles. The van der Waals surface area contributed by atoms with Crippen molar-refractivity contribution < 1.29 is 9.90 Å². The van der Waals surface area contributed by atoms with Crippen molar-refractivity contribution in [3.05, 3.63) is 12.2 Å². The van der Waals surface area contributed by atoms with Crippen molar-refractivity contribution in [1.82, 2.24) is 0 Å². The number of rotatable bonds is 4. The molecule has 0 aromatic heterocycles. The van der Waals surface area contributed by atoms with Crippen LogP contribution in [0.3, 0.4) is 0 Å². The summed E-state index contributed by atoms with van der Waals surface area (Å²) in [6, 6.07) is 0. The summed E-state index contributed by atoms with van der Waals surface area (Å²) in [6.07, 6.45) is 5.19. The third kappa shape index (κ3) is 4.42. The molecule has 1 rings (SSSR count). The van der Waals surface area contributed by atoms with Crippen molar-refractivity contribution in [3.8, 4) is 0 Å². The molecule has 0 radical (unpaired) electrons. The summed E-state index contributed by atoms with van der Waals surface area (Å²) in [5, 5.41) is 8.44. The average molecular weight is 232 g/mol. The zero-order valence-corrected chi connectivity index (χ0v) is 9.94. The first-order chi connectivity index (χ1) is 6.70. The van der Waals surface area contributed by atoms with Crippen LogP contribution in [0.1, 0.15) is 19.8 Å². The van der Waals surface area contributed by atoms with Gasteiger partial charge < -0.3 is 5.11 Å². The lowest BCUT2D eigenvalue weighted by molar-refractivity contribution is -0.131. The Hall–Kier alpha value is -0.0900. The number of thioether (sulfide) groups is 2. The van der Waals surface area contributed by atoms with Crippen LogP contribution in [0.15, 0.2) is 12.2 Å². The van der Waals surface area contributed by atoms with Crippen LogP contribution in [0.5, 0.6) is 0 Å². The Morgan fingerprint density at radius 3 is 2.79 bits per heavy atom. The molecule has 0 bridgehead atoms. The molecule has 1 heterocycles. The first-order valence-electron chi connectivity index (χ1n) is 4.83. The Bertz CT molecular complexity index is 210. The van der Waals surface area contributed by atoms with Gasteiger partial charge in [0.2, 0.25) is 0 Å². The van der Waals surface area contributed by atoms with Crippen LogP contribution in [-0.4, -0.2) is 27.2 Å². The van der Waals surface area contributed by atoms with Gasteiger partial charge in [-0.15, -0.1) is 23.5 Å². The molecule has 0 saturated carbocycles. The standard InChI is InChI=1S/C10H16O2S2/c1-8(4-2-5-9(11)12)10-13-6-3-7-14-10/h2,5,8,10H,3-4,6-7H2,1H3,(H,11,12). The minimum absolute atomic E-state index is 0.570. The van der Waals surface area contributed by atoms with Gasteiger partial charge in [0, 0.05) is 6.08 Å². The molecule has 1 aliphatic rings. The number of carboxylic acids is 1. The fourth-order valence-electron chi connectivity index (χ4n) is 1.33. The number of aliphatic carboxylic acids is 1. The van der Waals surface area contributed by atoms with E-state index in [1.54, 1.807) is 6.08 Å². The Morgan fingerprint density at radius 2 is 2.21 bits per heavy atom. The van der Waals surface area contributed by atoms with Gasteiger partial charge in [0.25, 0.3) is 0 Å². The SMILES string of the molecule is CC(CC=CC(=O)O)C1SCCCS1. The van der Waals surface area contributed by atoms with Gasteiger partial charge in [-0.1, -0.05) is 13.0 Å². The second-order valence-corrected chi connectivity index (χ2v) is 6.21. The minimum atomic E-state index is -0.846. The fraction of sp³-hybridized carbons (Fsp3) is 0.700. The first kappa shape index (κ1) is 12.0. The molecule has 4 heteroatoms. The molecule has 1 aliphatic heterocycles. The largest absolute Gasteiger partial charge is 0.478 e. The average Bonchev–Trinajstić information content (AvgIpc) is 2.18. The number of carbonyl (C=O) groups is 1. The van der Waals surface area contributed by atoms with Crippen LogP contribution < -0.4 is 0 Å². The second kappa shape index (κ2) is 6.40. The highest BCUT2D eigenvalue weighted by Gasteiger charge is 2.19. The van der Waals surface area contributed by atoms with E-state index < -0.39 is 5.97 Å². The number of carboxylic acid groups (broad SMARTS) is 1. The molecule has 0 aliphatic carbocycles. The van der Waals surface area contributed by atoms with E-state index in [-0.39, 0.29) is 0 Å². The van der Waals surface area contributed by atoms with Gasteiger partial charge in [-0.25, -0.2) is 4.79 Å². The normalized spacial score (nSPS) is 21.2. The van der Waals surface area contributed by atoms with Crippen molar-refractivity contribution in [2.45, 2.75) is 24.3 Å². The van der Waals surface area contributed by atoms with Gasteiger partial charge in [0.15, 0.2) is 0 Å². The highest BCUT2D eigenvalue weighted by Crippen LogP contribution is 2.37. The Morgan fingerprint density at radius 1 is 1.57 bits per heavy atom. The second-order valence-electron chi connectivity index (χ2n) is 3.42. The Labute approximate surface area is 93.5 Å². The van der Waals surface area contributed by atoms with Gasteiger partial charge >= 0.3 is 5.97 Å². The minimum Gasteiger partial charge on any atom is -0.478 e. The summed E-state index contributed by atoms with van der Waals surface area (Å²) in [7, 11) is 0. The summed E-state index contributed by atoms with van der Waals surface area (Å²) in [5.41, 5.74) is 0. The monoisotopic (exact) mass is 232 g/mol. The van der Waals surface area contributed by atoms with E-state index in [0.717, 1.165) is 6.42 Å². The topological polar surface area (TPSA) is 37.3 Å². The Balaban J connectivity index is 2.25. The van der Waals surface area contributed by atoms with Gasteiger partial charge in [-0.05, 0) is 30.3 Å². The molecule has 1 unspecified atom stereocenters. The smallest absolute Gasteiger partial charge is 0.327 e. The van der Waals surface area contributed by atoms with Gasteiger partial charge in [-0.3, -0.25) is 0 Å². The van der Waals surface area contributed by atoms with Crippen LogP contribution in [0, 0.1) is 5.92 Å². The van der Waals surface area contributed by atoms with Crippen LogP contribution in [0.4, 0.5) is 0 Å².